The van der Waals surface area contributed by atoms with Crippen molar-refractivity contribution in [3.05, 3.63) is 0 Å². The largest absolute Gasteiger partial charge is 0.393 e. The van der Waals surface area contributed by atoms with Crippen molar-refractivity contribution in [2.75, 3.05) is 0 Å². The maximum absolute atomic E-state index is 11.4. The van der Waals surface area contributed by atoms with E-state index in [1.54, 1.807) is 13.8 Å². The van der Waals surface area contributed by atoms with Gasteiger partial charge in [0.05, 0.1) is 5.92 Å². The number of unbranched alkanes of at least 4 members (excludes halogenated alkanes) is 1. The Kier molecular flexibility index (Phi) is 8.73. The molecule has 0 saturated heterocycles. The molecule has 0 bridgehead atoms. The predicted octanol–water partition coefficient (Wildman–Crippen LogP) is 3.71. The lowest BCUT2D eigenvalue weighted by Crippen LogP contribution is -2.17. The van der Waals surface area contributed by atoms with Crippen molar-refractivity contribution in [2.24, 2.45) is 11.8 Å². The van der Waals surface area contributed by atoms with Crippen LogP contribution in [0, 0.1) is 11.8 Å². The minimum absolute atomic E-state index is 0.235. The SMILES string of the molecule is CCCCC(CC)CCC(=O)OC(=O)C(C)C. The lowest BCUT2D eigenvalue weighted by atomic mass is 9.94. The molecule has 0 aromatic heterocycles. The Labute approximate surface area is 105 Å². The number of hydrogen-bond donors (Lipinski definition) is 0. The van der Waals surface area contributed by atoms with E-state index in [9.17, 15) is 9.59 Å². The lowest BCUT2D eigenvalue weighted by molar-refractivity contribution is -0.162. The van der Waals surface area contributed by atoms with Gasteiger partial charge in [0.15, 0.2) is 0 Å². The first-order chi connectivity index (χ1) is 8.01. The summed E-state index contributed by atoms with van der Waals surface area (Å²) >= 11 is 0. The van der Waals surface area contributed by atoms with Crippen molar-refractivity contribution in [3.8, 4) is 0 Å². The Morgan fingerprint density at radius 2 is 1.76 bits per heavy atom. The third-order valence-electron chi connectivity index (χ3n) is 2.99. The van der Waals surface area contributed by atoms with Gasteiger partial charge in [-0.25, -0.2) is 0 Å². The first-order valence-electron chi connectivity index (χ1n) is 6.75. The van der Waals surface area contributed by atoms with E-state index >= 15 is 0 Å². The van der Waals surface area contributed by atoms with Crippen LogP contribution in [0.1, 0.15) is 66.2 Å². The molecule has 0 heterocycles. The maximum atomic E-state index is 11.4. The van der Waals surface area contributed by atoms with E-state index in [0.717, 1.165) is 12.8 Å². The molecule has 0 aliphatic rings. The van der Waals surface area contributed by atoms with E-state index in [-0.39, 0.29) is 11.9 Å². The van der Waals surface area contributed by atoms with Gasteiger partial charge in [-0.15, -0.1) is 0 Å². The number of ether oxygens (including phenoxy) is 1. The van der Waals surface area contributed by atoms with Crippen molar-refractivity contribution in [1.82, 2.24) is 0 Å². The molecule has 100 valence electrons. The van der Waals surface area contributed by atoms with Crippen LogP contribution in [0.4, 0.5) is 0 Å². The summed E-state index contributed by atoms with van der Waals surface area (Å²) in [5.41, 5.74) is 0. The molecule has 0 aliphatic carbocycles. The summed E-state index contributed by atoms with van der Waals surface area (Å²) in [6, 6.07) is 0. The number of carbonyl (C=O) groups excluding carboxylic acids is 2. The highest BCUT2D eigenvalue weighted by atomic mass is 16.6. The molecule has 0 N–H and O–H groups in total. The fraction of sp³-hybridized carbons (Fsp3) is 0.857. The Morgan fingerprint density at radius 1 is 1.12 bits per heavy atom. The van der Waals surface area contributed by atoms with E-state index in [1.165, 1.54) is 19.3 Å². The summed E-state index contributed by atoms with van der Waals surface area (Å²) < 4.78 is 4.73. The van der Waals surface area contributed by atoms with Gasteiger partial charge < -0.3 is 4.74 Å². The first-order valence-corrected chi connectivity index (χ1v) is 6.75. The highest BCUT2D eigenvalue weighted by molar-refractivity contribution is 5.86. The van der Waals surface area contributed by atoms with Crippen molar-refractivity contribution >= 4 is 11.9 Å². The molecule has 0 saturated carbocycles. The van der Waals surface area contributed by atoms with Crippen molar-refractivity contribution < 1.29 is 14.3 Å². The maximum Gasteiger partial charge on any atom is 0.316 e. The Bertz CT molecular complexity index is 234. The summed E-state index contributed by atoms with van der Waals surface area (Å²) in [6.07, 6.45) is 5.84. The molecule has 0 radical (unpaired) electrons. The Morgan fingerprint density at radius 3 is 2.24 bits per heavy atom. The van der Waals surface area contributed by atoms with Gasteiger partial charge in [0.2, 0.25) is 0 Å². The Balaban J connectivity index is 3.84. The van der Waals surface area contributed by atoms with Crippen LogP contribution in [-0.2, 0) is 14.3 Å². The fourth-order valence-electron chi connectivity index (χ4n) is 1.65. The number of esters is 2. The zero-order chi connectivity index (χ0) is 13.3. The zero-order valence-electron chi connectivity index (χ0n) is 11.6. The zero-order valence-corrected chi connectivity index (χ0v) is 11.6. The molecule has 0 amide bonds. The second-order valence-corrected chi connectivity index (χ2v) is 4.90. The average Bonchev–Trinajstić information content (AvgIpc) is 2.29. The molecule has 1 atom stereocenters. The monoisotopic (exact) mass is 242 g/mol. The van der Waals surface area contributed by atoms with Crippen LogP contribution in [0.3, 0.4) is 0 Å². The van der Waals surface area contributed by atoms with Crippen LogP contribution >= 0.6 is 0 Å². The molecule has 3 nitrogen and oxygen atoms in total. The molecular weight excluding hydrogens is 216 g/mol. The smallest absolute Gasteiger partial charge is 0.316 e. The third kappa shape index (κ3) is 7.94. The highest BCUT2D eigenvalue weighted by Crippen LogP contribution is 2.18. The summed E-state index contributed by atoms with van der Waals surface area (Å²) in [5.74, 6) is -0.451. The lowest BCUT2D eigenvalue weighted by Gasteiger charge is -2.13. The van der Waals surface area contributed by atoms with Gasteiger partial charge in [-0.05, 0) is 12.3 Å². The van der Waals surface area contributed by atoms with Crippen LogP contribution < -0.4 is 0 Å². The predicted molar refractivity (Wildman–Crippen MR) is 68.5 cm³/mol. The average molecular weight is 242 g/mol. The first kappa shape index (κ1) is 16.1. The number of hydrogen-bond acceptors (Lipinski definition) is 3. The fourth-order valence-corrected chi connectivity index (χ4v) is 1.65. The second kappa shape index (κ2) is 9.20. The normalized spacial score (nSPS) is 12.5. The number of rotatable bonds is 8. The molecule has 0 spiro atoms. The van der Waals surface area contributed by atoms with Crippen LogP contribution in [0.15, 0.2) is 0 Å². The standard InChI is InChI=1S/C14H26O3/c1-5-7-8-12(6-2)9-10-13(15)17-14(16)11(3)4/h11-12H,5-10H2,1-4H3. The van der Waals surface area contributed by atoms with Gasteiger partial charge >= 0.3 is 11.9 Å². The van der Waals surface area contributed by atoms with Crippen LogP contribution in [0.5, 0.6) is 0 Å². The topological polar surface area (TPSA) is 43.4 Å². The molecule has 17 heavy (non-hydrogen) atoms. The van der Waals surface area contributed by atoms with E-state index in [4.69, 9.17) is 4.74 Å². The summed E-state index contributed by atoms with van der Waals surface area (Å²) in [4.78, 5) is 22.6. The molecule has 0 rings (SSSR count). The molecule has 0 fully saturated rings. The summed E-state index contributed by atoms with van der Waals surface area (Å²) in [6.45, 7) is 7.77. The molecule has 0 aliphatic heterocycles. The summed E-state index contributed by atoms with van der Waals surface area (Å²) in [7, 11) is 0. The van der Waals surface area contributed by atoms with E-state index in [0.29, 0.717) is 12.3 Å². The van der Waals surface area contributed by atoms with Crippen molar-refractivity contribution in [1.29, 1.82) is 0 Å². The number of carbonyl (C=O) groups is 2. The van der Waals surface area contributed by atoms with Crippen molar-refractivity contribution in [2.45, 2.75) is 66.2 Å². The third-order valence-corrected chi connectivity index (χ3v) is 2.99. The van der Waals surface area contributed by atoms with Gasteiger partial charge in [0.1, 0.15) is 0 Å². The van der Waals surface area contributed by atoms with Gasteiger partial charge in [-0.2, -0.15) is 0 Å². The van der Waals surface area contributed by atoms with Gasteiger partial charge in [0.25, 0.3) is 0 Å². The second-order valence-electron chi connectivity index (χ2n) is 4.90. The quantitative estimate of drug-likeness (QED) is 0.481. The van der Waals surface area contributed by atoms with Gasteiger partial charge in [-0.3, -0.25) is 9.59 Å². The van der Waals surface area contributed by atoms with Crippen molar-refractivity contribution in [3.63, 3.8) is 0 Å². The van der Waals surface area contributed by atoms with E-state index < -0.39 is 5.97 Å². The van der Waals surface area contributed by atoms with E-state index in [1.807, 2.05) is 0 Å². The van der Waals surface area contributed by atoms with E-state index in [2.05, 4.69) is 13.8 Å². The van der Waals surface area contributed by atoms with Crippen LogP contribution in [0.25, 0.3) is 0 Å². The minimum atomic E-state index is -0.420. The summed E-state index contributed by atoms with van der Waals surface area (Å²) in [5, 5.41) is 0. The molecule has 1 unspecified atom stereocenters. The molecular formula is C14H26O3. The van der Waals surface area contributed by atoms with Crippen LogP contribution in [-0.4, -0.2) is 11.9 Å². The molecule has 0 aromatic carbocycles. The minimum Gasteiger partial charge on any atom is -0.393 e. The van der Waals surface area contributed by atoms with Crippen LogP contribution in [0.2, 0.25) is 0 Å². The van der Waals surface area contributed by atoms with Gasteiger partial charge in [-0.1, -0.05) is 53.4 Å². The van der Waals surface area contributed by atoms with Gasteiger partial charge in [0, 0.05) is 6.42 Å². The highest BCUT2D eigenvalue weighted by Gasteiger charge is 2.15. The molecule has 0 aromatic rings. The Hall–Kier alpha value is -0.860. The molecule has 3 heteroatoms.